The van der Waals surface area contributed by atoms with Crippen molar-refractivity contribution in [1.82, 2.24) is 9.55 Å². The number of aromatic carboxylic acids is 1. The number of aromatic nitrogens is 2. The lowest BCUT2D eigenvalue weighted by molar-refractivity contribution is 0.0697. The van der Waals surface area contributed by atoms with Gasteiger partial charge >= 0.3 is 5.97 Å². The Kier molecular flexibility index (Phi) is 3.04. The standard InChI is InChI=1S/C16H20N2O2/c1-9-4-6-14(10(9)2)18-11(3)17-13-8-12(16(19)20)5-7-15(13)18/h5,7-10,14H,4,6H2,1-3H3,(H,19,20). The summed E-state index contributed by atoms with van der Waals surface area (Å²) in [6, 6.07) is 5.72. The van der Waals surface area contributed by atoms with E-state index < -0.39 is 5.97 Å². The van der Waals surface area contributed by atoms with Gasteiger partial charge in [-0.15, -0.1) is 0 Å². The van der Waals surface area contributed by atoms with E-state index in [0.29, 0.717) is 17.5 Å². The van der Waals surface area contributed by atoms with Crippen LogP contribution in [0.3, 0.4) is 0 Å². The number of carboxylic acid groups (broad SMARTS) is 1. The maximum Gasteiger partial charge on any atom is 0.335 e. The average Bonchev–Trinajstić information content (AvgIpc) is 2.89. The van der Waals surface area contributed by atoms with E-state index in [0.717, 1.165) is 22.8 Å². The fraction of sp³-hybridized carbons (Fsp3) is 0.500. The number of imidazole rings is 1. The minimum atomic E-state index is -0.901. The van der Waals surface area contributed by atoms with E-state index in [4.69, 9.17) is 5.11 Å². The molecule has 0 radical (unpaired) electrons. The molecule has 1 aromatic heterocycles. The van der Waals surface area contributed by atoms with E-state index in [-0.39, 0.29) is 0 Å². The highest BCUT2D eigenvalue weighted by Gasteiger charge is 2.32. The largest absolute Gasteiger partial charge is 0.478 e. The van der Waals surface area contributed by atoms with Gasteiger partial charge in [-0.1, -0.05) is 13.8 Å². The molecular formula is C16H20N2O2. The van der Waals surface area contributed by atoms with Crippen molar-refractivity contribution in [2.24, 2.45) is 11.8 Å². The fourth-order valence-electron chi connectivity index (χ4n) is 3.47. The van der Waals surface area contributed by atoms with Crippen molar-refractivity contribution in [2.45, 2.75) is 39.7 Å². The first-order chi connectivity index (χ1) is 9.49. The van der Waals surface area contributed by atoms with Crippen LogP contribution >= 0.6 is 0 Å². The van der Waals surface area contributed by atoms with Crippen molar-refractivity contribution in [2.75, 3.05) is 0 Å². The minimum absolute atomic E-state index is 0.301. The van der Waals surface area contributed by atoms with Gasteiger partial charge in [0.25, 0.3) is 0 Å². The van der Waals surface area contributed by atoms with Crippen molar-refractivity contribution in [3.63, 3.8) is 0 Å². The summed E-state index contributed by atoms with van der Waals surface area (Å²) in [7, 11) is 0. The number of nitrogens with zero attached hydrogens (tertiary/aromatic N) is 2. The molecule has 1 saturated carbocycles. The highest BCUT2D eigenvalue weighted by Crippen LogP contribution is 2.41. The Morgan fingerprint density at radius 2 is 2.10 bits per heavy atom. The Bertz CT molecular complexity index is 674. The molecular weight excluding hydrogens is 252 g/mol. The van der Waals surface area contributed by atoms with Crippen LogP contribution in [0.2, 0.25) is 0 Å². The van der Waals surface area contributed by atoms with Gasteiger partial charge in [-0.2, -0.15) is 0 Å². The van der Waals surface area contributed by atoms with E-state index in [1.807, 2.05) is 13.0 Å². The summed E-state index contributed by atoms with van der Waals surface area (Å²) >= 11 is 0. The fourth-order valence-corrected chi connectivity index (χ4v) is 3.47. The number of carboxylic acids is 1. The zero-order valence-corrected chi connectivity index (χ0v) is 12.1. The van der Waals surface area contributed by atoms with Crippen LogP contribution in [0.4, 0.5) is 0 Å². The van der Waals surface area contributed by atoms with E-state index in [2.05, 4.69) is 23.4 Å². The van der Waals surface area contributed by atoms with Gasteiger partial charge in [0.05, 0.1) is 16.6 Å². The monoisotopic (exact) mass is 272 g/mol. The lowest BCUT2D eigenvalue weighted by atomic mass is 9.97. The molecule has 20 heavy (non-hydrogen) atoms. The molecule has 4 nitrogen and oxygen atoms in total. The summed E-state index contributed by atoms with van der Waals surface area (Å²) in [6.07, 6.45) is 2.42. The highest BCUT2D eigenvalue weighted by atomic mass is 16.4. The van der Waals surface area contributed by atoms with Crippen molar-refractivity contribution in [1.29, 1.82) is 0 Å². The van der Waals surface area contributed by atoms with Crippen LogP contribution in [0.15, 0.2) is 18.2 Å². The molecule has 1 fully saturated rings. The summed E-state index contributed by atoms with van der Waals surface area (Å²) in [5, 5.41) is 9.07. The quantitative estimate of drug-likeness (QED) is 0.907. The van der Waals surface area contributed by atoms with Crippen LogP contribution < -0.4 is 0 Å². The Morgan fingerprint density at radius 1 is 1.35 bits per heavy atom. The van der Waals surface area contributed by atoms with Crippen LogP contribution in [-0.4, -0.2) is 20.6 Å². The Balaban J connectivity index is 2.12. The normalized spacial score (nSPS) is 26.2. The molecule has 1 aliphatic rings. The van der Waals surface area contributed by atoms with Crippen molar-refractivity contribution in [3.8, 4) is 0 Å². The first kappa shape index (κ1) is 13.2. The summed E-state index contributed by atoms with van der Waals surface area (Å²) in [5.41, 5.74) is 2.14. The van der Waals surface area contributed by atoms with Gasteiger partial charge in [-0.3, -0.25) is 0 Å². The lowest BCUT2D eigenvalue weighted by Gasteiger charge is -2.22. The maximum atomic E-state index is 11.1. The molecule has 1 aromatic carbocycles. The predicted octanol–water partition coefficient (Wildman–Crippen LogP) is 3.65. The van der Waals surface area contributed by atoms with Gasteiger partial charge in [0.15, 0.2) is 0 Å². The summed E-state index contributed by atoms with van der Waals surface area (Å²) in [5.74, 6) is 1.44. The molecule has 3 atom stereocenters. The van der Waals surface area contributed by atoms with Gasteiger partial charge in [0.1, 0.15) is 5.82 Å². The van der Waals surface area contributed by atoms with Crippen molar-refractivity contribution >= 4 is 17.0 Å². The SMILES string of the molecule is Cc1nc2cc(C(=O)O)ccc2n1C1CCC(C)C1C. The zero-order valence-electron chi connectivity index (χ0n) is 12.1. The molecule has 106 valence electrons. The first-order valence-electron chi connectivity index (χ1n) is 7.21. The number of rotatable bonds is 2. The molecule has 0 spiro atoms. The third-order valence-corrected chi connectivity index (χ3v) is 4.87. The average molecular weight is 272 g/mol. The Hall–Kier alpha value is -1.84. The Labute approximate surface area is 118 Å². The van der Waals surface area contributed by atoms with E-state index >= 15 is 0 Å². The third kappa shape index (κ3) is 1.90. The molecule has 1 heterocycles. The van der Waals surface area contributed by atoms with E-state index in [1.165, 1.54) is 12.8 Å². The van der Waals surface area contributed by atoms with Gasteiger partial charge in [0.2, 0.25) is 0 Å². The molecule has 0 bridgehead atoms. The third-order valence-electron chi connectivity index (χ3n) is 4.87. The van der Waals surface area contributed by atoms with Crippen LogP contribution in [0.25, 0.3) is 11.0 Å². The number of hydrogen-bond donors (Lipinski definition) is 1. The smallest absolute Gasteiger partial charge is 0.335 e. The number of benzene rings is 1. The molecule has 3 rings (SSSR count). The van der Waals surface area contributed by atoms with Gasteiger partial charge in [-0.25, -0.2) is 9.78 Å². The van der Waals surface area contributed by atoms with Gasteiger partial charge in [0, 0.05) is 6.04 Å². The molecule has 0 saturated heterocycles. The predicted molar refractivity (Wildman–Crippen MR) is 78.0 cm³/mol. The van der Waals surface area contributed by atoms with Crippen molar-refractivity contribution < 1.29 is 9.90 Å². The van der Waals surface area contributed by atoms with Gasteiger partial charge < -0.3 is 9.67 Å². The first-order valence-corrected chi connectivity index (χ1v) is 7.21. The molecule has 1 N–H and O–H groups in total. The second-order valence-corrected chi connectivity index (χ2v) is 6.02. The minimum Gasteiger partial charge on any atom is -0.478 e. The van der Waals surface area contributed by atoms with Crippen LogP contribution in [0, 0.1) is 18.8 Å². The molecule has 2 aromatic rings. The van der Waals surface area contributed by atoms with Gasteiger partial charge in [-0.05, 0) is 49.8 Å². The molecule has 0 amide bonds. The van der Waals surface area contributed by atoms with E-state index in [1.54, 1.807) is 12.1 Å². The number of carbonyl (C=O) groups is 1. The highest BCUT2D eigenvalue weighted by molar-refractivity contribution is 5.92. The Morgan fingerprint density at radius 3 is 2.70 bits per heavy atom. The summed E-state index contributed by atoms with van der Waals surface area (Å²) in [6.45, 7) is 6.62. The van der Waals surface area contributed by atoms with Crippen LogP contribution in [0.1, 0.15) is 48.9 Å². The second-order valence-electron chi connectivity index (χ2n) is 6.02. The number of aryl methyl sites for hydroxylation is 1. The maximum absolute atomic E-state index is 11.1. The van der Waals surface area contributed by atoms with Crippen LogP contribution in [0.5, 0.6) is 0 Å². The summed E-state index contributed by atoms with van der Waals surface area (Å²) < 4.78 is 2.30. The van der Waals surface area contributed by atoms with Crippen LogP contribution in [-0.2, 0) is 0 Å². The zero-order chi connectivity index (χ0) is 14.4. The molecule has 0 aliphatic heterocycles. The lowest BCUT2D eigenvalue weighted by Crippen LogP contribution is -2.15. The second kappa shape index (κ2) is 4.62. The molecule has 3 unspecified atom stereocenters. The topological polar surface area (TPSA) is 55.1 Å². The summed E-state index contributed by atoms with van der Waals surface area (Å²) in [4.78, 5) is 15.6. The van der Waals surface area contributed by atoms with Crippen molar-refractivity contribution in [3.05, 3.63) is 29.6 Å². The van der Waals surface area contributed by atoms with E-state index in [9.17, 15) is 4.79 Å². The molecule has 4 heteroatoms. The number of fused-ring (bicyclic) bond motifs is 1. The number of hydrogen-bond acceptors (Lipinski definition) is 2. The molecule has 1 aliphatic carbocycles.